The zero-order chi connectivity index (χ0) is 70.0. The highest BCUT2D eigenvalue weighted by molar-refractivity contribution is 7.47. The van der Waals surface area contributed by atoms with Crippen molar-refractivity contribution >= 4 is 19.8 Å². The van der Waals surface area contributed by atoms with Crippen LogP contribution in [-0.2, 0) is 32.7 Å². The molecule has 0 aromatic carbocycles. The van der Waals surface area contributed by atoms with Crippen LogP contribution in [-0.4, -0.2) is 49.3 Å². The van der Waals surface area contributed by atoms with Gasteiger partial charge in [0, 0.05) is 19.4 Å². The molecule has 9 nitrogen and oxygen atoms in total. The van der Waals surface area contributed by atoms with E-state index >= 15 is 0 Å². The molecule has 0 spiro atoms. The van der Waals surface area contributed by atoms with Gasteiger partial charge in [-0.1, -0.05) is 350 Å². The molecule has 2 atom stereocenters. The second-order valence-electron chi connectivity index (χ2n) is 25.1. The largest absolute Gasteiger partial charge is 0.472 e. The van der Waals surface area contributed by atoms with Gasteiger partial charge in [-0.05, 0) is 141 Å². The summed E-state index contributed by atoms with van der Waals surface area (Å²) in [5.41, 5.74) is 5.41. The minimum Gasteiger partial charge on any atom is -0.462 e. The highest BCUT2D eigenvalue weighted by Crippen LogP contribution is 2.43. The fourth-order valence-electron chi connectivity index (χ4n) is 10.3. The number of nitrogens with two attached hydrogens (primary N) is 1. The van der Waals surface area contributed by atoms with Crippen molar-refractivity contribution in [2.24, 2.45) is 5.73 Å². The standard InChI is InChI=1S/C87H142NO8P/c1-3-5-7-9-11-13-15-17-19-21-23-25-27-29-31-33-35-37-39-40-41-42-43-44-46-48-50-52-54-56-58-60-62-64-66-68-70-72-74-76-78-80-87(90)96-85(84-95-97(91,92)94-82-81-88)83-93-86(89)79-77-75-73-71-69-67-65-63-61-59-57-55-53-51-49-47-45-38-36-34-32-30-28-26-24-22-20-18-16-14-12-10-8-6-4-2/h5-8,11-14,17-20,23-26,29,31,35,37,40-41,43-44,48,50,54,56,60,62,66,68,85H,3-4,9-10,15-16,21-22,27-28,30,32-34,36,38-39,42,45-47,49,51-53,55,57-59,61,63-65,67,69-84,88H2,1-2H3,(H,91,92)/b7-5-,8-6-,13-11-,14-12-,19-17-,20-18-,25-23-,26-24-,31-29-,37-35-,41-40-,44-43-,50-48-,56-54-,62-60-,68-66-. The highest BCUT2D eigenvalue weighted by Gasteiger charge is 2.26. The molecule has 0 rings (SSSR count). The van der Waals surface area contributed by atoms with Gasteiger partial charge >= 0.3 is 19.8 Å². The van der Waals surface area contributed by atoms with Crippen LogP contribution in [0.1, 0.15) is 309 Å². The Balaban J connectivity index is 3.95. The molecule has 0 amide bonds. The van der Waals surface area contributed by atoms with Crippen LogP contribution >= 0.6 is 7.82 Å². The number of phosphoric acid groups is 1. The van der Waals surface area contributed by atoms with Crippen LogP contribution in [0, 0.1) is 0 Å². The summed E-state index contributed by atoms with van der Waals surface area (Å²) in [6, 6.07) is 0. The van der Waals surface area contributed by atoms with E-state index in [9.17, 15) is 19.0 Å². The van der Waals surface area contributed by atoms with E-state index in [1.54, 1.807) is 0 Å². The fourth-order valence-corrected chi connectivity index (χ4v) is 11.1. The van der Waals surface area contributed by atoms with E-state index < -0.39 is 26.5 Å². The number of hydrogen-bond acceptors (Lipinski definition) is 8. The normalized spacial score (nSPS) is 14.0. The van der Waals surface area contributed by atoms with Crippen molar-refractivity contribution < 1.29 is 37.6 Å². The van der Waals surface area contributed by atoms with E-state index in [0.717, 1.165) is 148 Å². The lowest BCUT2D eigenvalue weighted by Gasteiger charge is -2.19. The van der Waals surface area contributed by atoms with Crippen molar-refractivity contribution in [3.05, 3.63) is 194 Å². The topological polar surface area (TPSA) is 134 Å². The molecule has 0 aliphatic heterocycles. The van der Waals surface area contributed by atoms with Gasteiger partial charge in [0.05, 0.1) is 13.2 Å². The van der Waals surface area contributed by atoms with Crippen molar-refractivity contribution in [1.82, 2.24) is 0 Å². The summed E-state index contributed by atoms with van der Waals surface area (Å²) in [4.78, 5) is 35.4. The smallest absolute Gasteiger partial charge is 0.462 e. The minimum absolute atomic E-state index is 0.0409. The van der Waals surface area contributed by atoms with Gasteiger partial charge in [-0.3, -0.25) is 18.6 Å². The van der Waals surface area contributed by atoms with Gasteiger partial charge in [0.25, 0.3) is 0 Å². The number of hydrogen-bond donors (Lipinski definition) is 2. The van der Waals surface area contributed by atoms with Gasteiger partial charge in [-0.15, -0.1) is 0 Å². The number of esters is 2. The summed E-state index contributed by atoms with van der Waals surface area (Å²) in [5.74, 6) is -0.860. The van der Waals surface area contributed by atoms with Crippen LogP contribution in [0.15, 0.2) is 194 Å². The number of allylic oxidation sites excluding steroid dienone is 32. The van der Waals surface area contributed by atoms with E-state index in [1.165, 1.54) is 128 Å². The van der Waals surface area contributed by atoms with Gasteiger partial charge in [0.1, 0.15) is 6.61 Å². The molecule has 0 heterocycles. The average molecular weight is 1360 g/mol. The van der Waals surface area contributed by atoms with Crippen LogP contribution < -0.4 is 5.73 Å². The maximum absolute atomic E-state index is 12.8. The van der Waals surface area contributed by atoms with E-state index in [0.29, 0.717) is 6.42 Å². The molecule has 0 aromatic rings. The molecule has 10 heteroatoms. The summed E-state index contributed by atoms with van der Waals surface area (Å²) in [7, 11) is -4.42. The van der Waals surface area contributed by atoms with Gasteiger partial charge in [-0.25, -0.2) is 4.57 Å². The lowest BCUT2D eigenvalue weighted by Crippen LogP contribution is -2.29. The van der Waals surface area contributed by atoms with Crippen LogP contribution in [0.25, 0.3) is 0 Å². The first kappa shape index (κ1) is 91.8. The number of ether oxygens (including phenoxy) is 2. The Hall–Kier alpha value is -5.15. The number of rotatable bonds is 71. The third kappa shape index (κ3) is 79.7. The van der Waals surface area contributed by atoms with E-state index in [-0.39, 0.29) is 38.6 Å². The second-order valence-corrected chi connectivity index (χ2v) is 26.6. The first-order chi connectivity index (χ1) is 47.8. The molecular weight excluding hydrogens is 1220 g/mol. The molecule has 0 aliphatic rings. The summed E-state index contributed by atoms with van der Waals surface area (Å²) >= 11 is 0. The fraction of sp³-hybridized carbons (Fsp3) is 0.609. The average Bonchev–Trinajstić information content (AvgIpc) is 2.57. The molecule has 97 heavy (non-hydrogen) atoms. The maximum atomic E-state index is 12.8. The van der Waals surface area contributed by atoms with Crippen LogP contribution in [0.4, 0.5) is 0 Å². The van der Waals surface area contributed by atoms with Crippen molar-refractivity contribution in [1.29, 1.82) is 0 Å². The summed E-state index contributed by atoms with van der Waals surface area (Å²) < 4.78 is 33.2. The molecule has 0 bridgehead atoms. The molecule has 548 valence electrons. The summed E-state index contributed by atoms with van der Waals surface area (Å²) in [6.07, 6.45) is 121. The Morgan fingerprint density at radius 1 is 0.309 bits per heavy atom. The lowest BCUT2D eigenvalue weighted by atomic mass is 10.0. The zero-order valence-corrected chi connectivity index (χ0v) is 62.6. The number of phosphoric ester groups is 1. The Kier molecular flexibility index (Phi) is 75.6. The Bertz CT molecular complexity index is 2300. The van der Waals surface area contributed by atoms with E-state index in [4.69, 9.17) is 24.3 Å². The highest BCUT2D eigenvalue weighted by atomic mass is 31.2. The van der Waals surface area contributed by atoms with Crippen LogP contribution in [0.5, 0.6) is 0 Å². The Morgan fingerprint density at radius 3 is 0.794 bits per heavy atom. The van der Waals surface area contributed by atoms with Gasteiger partial charge in [0.2, 0.25) is 0 Å². The number of carbonyl (C=O) groups excluding carboxylic acids is 2. The van der Waals surface area contributed by atoms with Crippen LogP contribution in [0.2, 0.25) is 0 Å². The predicted molar refractivity (Wildman–Crippen MR) is 422 cm³/mol. The first-order valence-corrected chi connectivity index (χ1v) is 40.4. The van der Waals surface area contributed by atoms with E-state index in [2.05, 4.69) is 208 Å². The van der Waals surface area contributed by atoms with Gasteiger partial charge in [-0.2, -0.15) is 0 Å². The number of unbranched alkanes of at least 4 members (excludes halogenated alkanes) is 26. The summed E-state index contributed by atoms with van der Waals surface area (Å²) in [5, 5.41) is 0. The SMILES string of the molecule is CC/C=C\C/C=C\C/C=C\C/C=C\C/C=C\C/C=C\C/C=C\C/C=C\C/C=C\C/C=C\C/C=C\C/C=C\CCCCCCC(=O)OC(COC(=O)CCCCCCCCCCCCCCCCCCCCCCCC/C=C\C/C=C\C/C=C\C/C=C\CC)COP(=O)(O)OCCN. The number of carbonyl (C=O) groups is 2. The van der Waals surface area contributed by atoms with Crippen molar-refractivity contribution in [2.45, 2.75) is 315 Å². The van der Waals surface area contributed by atoms with Crippen molar-refractivity contribution in [3.63, 3.8) is 0 Å². The third-order valence-electron chi connectivity index (χ3n) is 16.0. The monoisotopic (exact) mass is 1360 g/mol. The van der Waals surface area contributed by atoms with Gasteiger partial charge in [0.15, 0.2) is 6.10 Å². The summed E-state index contributed by atoms with van der Waals surface area (Å²) in [6.45, 7) is 3.49. The molecule has 0 aliphatic carbocycles. The lowest BCUT2D eigenvalue weighted by molar-refractivity contribution is -0.161. The van der Waals surface area contributed by atoms with E-state index in [1.807, 2.05) is 0 Å². The van der Waals surface area contributed by atoms with Crippen molar-refractivity contribution in [2.75, 3.05) is 26.4 Å². The second kappa shape index (κ2) is 79.8. The van der Waals surface area contributed by atoms with Gasteiger partial charge < -0.3 is 20.1 Å². The molecule has 3 N–H and O–H groups in total. The Morgan fingerprint density at radius 2 is 0.536 bits per heavy atom. The molecule has 2 unspecified atom stereocenters. The molecule has 0 radical (unpaired) electrons. The first-order valence-electron chi connectivity index (χ1n) is 38.9. The minimum atomic E-state index is -4.42. The molecule has 0 fully saturated rings. The Labute approximate surface area is 596 Å². The molecule has 0 saturated heterocycles. The predicted octanol–water partition coefficient (Wildman–Crippen LogP) is 26.4. The molecule has 0 saturated carbocycles. The molecule has 0 aromatic heterocycles. The molecular formula is C87H142NO8P. The van der Waals surface area contributed by atoms with Crippen molar-refractivity contribution in [3.8, 4) is 0 Å². The van der Waals surface area contributed by atoms with Crippen LogP contribution in [0.3, 0.4) is 0 Å². The maximum Gasteiger partial charge on any atom is 0.472 e. The third-order valence-corrected chi connectivity index (χ3v) is 17.0. The quantitative estimate of drug-likeness (QED) is 0.0264. The zero-order valence-electron chi connectivity index (χ0n) is 61.7.